The molecule has 0 heterocycles. The third kappa shape index (κ3) is 3.11. The van der Waals surface area contributed by atoms with Crippen molar-refractivity contribution in [3.63, 3.8) is 0 Å². The summed E-state index contributed by atoms with van der Waals surface area (Å²) in [6, 6.07) is 9.56. The van der Waals surface area contributed by atoms with Gasteiger partial charge in [-0.05, 0) is 48.7 Å². The number of halogens is 4. The molecule has 0 saturated carbocycles. The van der Waals surface area contributed by atoms with Gasteiger partial charge in [-0.15, -0.1) is 0 Å². The summed E-state index contributed by atoms with van der Waals surface area (Å²) in [4.78, 5) is -0.0512. The second kappa shape index (κ2) is 6.05. The average molecular weight is 379 g/mol. The Morgan fingerprint density at radius 2 is 1.47 bits per heavy atom. The maximum atomic E-state index is 6.26. The Hall–Kier alpha value is -0.210. The first-order valence-electron chi connectivity index (χ1n) is 5.76. The predicted octanol–water partition coefficient (Wildman–Crippen LogP) is 6.75. The molecule has 0 N–H and O–H groups in total. The number of hydrogen-bond acceptors (Lipinski definition) is 0. The van der Waals surface area contributed by atoms with E-state index in [0.717, 1.165) is 27.3 Å². The fraction of sp³-hybridized carbons (Fsp3) is 0.200. The Balaban J connectivity index is 2.56. The van der Waals surface area contributed by atoms with Crippen LogP contribution in [0.3, 0.4) is 0 Å². The van der Waals surface area contributed by atoms with Gasteiger partial charge >= 0.3 is 0 Å². The second-order valence-corrected chi connectivity index (χ2v) is 6.59. The van der Waals surface area contributed by atoms with Crippen LogP contribution < -0.4 is 0 Å². The van der Waals surface area contributed by atoms with Gasteiger partial charge in [-0.2, -0.15) is 0 Å². The summed E-state index contributed by atoms with van der Waals surface area (Å²) >= 11 is 22.3. The van der Waals surface area contributed by atoms with Crippen molar-refractivity contribution in [1.82, 2.24) is 0 Å². The third-order valence-corrected chi connectivity index (χ3v) is 5.09. The van der Waals surface area contributed by atoms with Crippen LogP contribution in [-0.2, 0) is 0 Å². The molecule has 1 unspecified atom stereocenters. The fourth-order valence-electron chi connectivity index (χ4n) is 1.98. The summed E-state index contributed by atoms with van der Waals surface area (Å²) < 4.78 is 0. The van der Waals surface area contributed by atoms with Gasteiger partial charge in [-0.1, -0.05) is 62.9 Å². The molecule has 0 saturated heterocycles. The molecule has 19 heavy (non-hydrogen) atoms. The number of hydrogen-bond donors (Lipinski definition) is 0. The van der Waals surface area contributed by atoms with Gasteiger partial charge in [0, 0.05) is 20.6 Å². The summed E-state index contributed by atoms with van der Waals surface area (Å²) in [5.74, 6) is 0. The molecule has 0 radical (unpaired) electrons. The lowest BCUT2D eigenvalue weighted by Gasteiger charge is -2.17. The highest BCUT2D eigenvalue weighted by atomic mass is 79.9. The number of aryl methyl sites for hydroxylation is 2. The zero-order chi connectivity index (χ0) is 14.2. The van der Waals surface area contributed by atoms with Crippen molar-refractivity contribution in [2.24, 2.45) is 0 Å². The summed E-state index contributed by atoms with van der Waals surface area (Å²) in [6.45, 7) is 4.01. The Morgan fingerprint density at radius 1 is 0.895 bits per heavy atom. The van der Waals surface area contributed by atoms with Gasteiger partial charge in [-0.25, -0.2) is 0 Å². The molecule has 4 heteroatoms. The van der Waals surface area contributed by atoms with Gasteiger partial charge in [0.15, 0.2) is 0 Å². The molecule has 0 fully saturated rings. The molecule has 0 nitrogen and oxygen atoms in total. The molecule has 0 aliphatic rings. The van der Waals surface area contributed by atoms with Gasteiger partial charge < -0.3 is 0 Å². The van der Waals surface area contributed by atoms with E-state index >= 15 is 0 Å². The van der Waals surface area contributed by atoms with E-state index in [1.165, 1.54) is 0 Å². The van der Waals surface area contributed by atoms with E-state index in [1.807, 2.05) is 38.1 Å². The summed E-state index contributed by atoms with van der Waals surface area (Å²) in [5, 5.41) is 2.08. The largest absolute Gasteiger partial charge is 0.0840 e. The highest BCUT2D eigenvalue weighted by molar-refractivity contribution is 9.09. The molecule has 0 aliphatic heterocycles. The SMILES string of the molecule is Cc1cc(C(Br)c2c(Cl)cccc2Cl)c(C)cc1Cl. The van der Waals surface area contributed by atoms with Crippen LogP contribution in [0.15, 0.2) is 30.3 Å². The molecular weight excluding hydrogens is 366 g/mol. The van der Waals surface area contributed by atoms with Crippen molar-refractivity contribution in [3.05, 3.63) is 67.7 Å². The van der Waals surface area contributed by atoms with Gasteiger partial charge in [0.25, 0.3) is 0 Å². The molecule has 2 aromatic carbocycles. The van der Waals surface area contributed by atoms with Crippen LogP contribution in [0.5, 0.6) is 0 Å². The van der Waals surface area contributed by atoms with Crippen LogP contribution in [0, 0.1) is 13.8 Å². The lowest BCUT2D eigenvalue weighted by atomic mass is 9.98. The highest BCUT2D eigenvalue weighted by Gasteiger charge is 2.19. The molecule has 2 aromatic rings. The van der Waals surface area contributed by atoms with Crippen LogP contribution in [0.4, 0.5) is 0 Å². The normalized spacial score (nSPS) is 12.5. The Morgan fingerprint density at radius 3 is 2.05 bits per heavy atom. The first-order chi connectivity index (χ1) is 8.91. The van der Waals surface area contributed by atoms with Crippen LogP contribution in [-0.4, -0.2) is 0 Å². The maximum absolute atomic E-state index is 6.26. The van der Waals surface area contributed by atoms with E-state index in [9.17, 15) is 0 Å². The van der Waals surface area contributed by atoms with Crippen LogP contribution in [0.25, 0.3) is 0 Å². The lowest BCUT2D eigenvalue weighted by molar-refractivity contribution is 1.13. The van der Waals surface area contributed by atoms with Gasteiger partial charge in [0.1, 0.15) is 0 Å². The molecule has 100 valence electrons. The number of rotatable bonds is 2. The molecule has 2 rings (SSSR count). The molecule has 0 bridgehead atoms. The number of benzene rings is 2. The van der Waals surface area contributed by atoms with Gasteiger partial charge in [-0.3, -0.25) is 0 Å². The van der Waals surface area contributed by atoms with Crippen molar-refractivity contribution in [2.75, 3.05) is 0 Å². The van der Waals surface area contributed by atoms with Crippen molar-refractivity contribution in [2.45, 2.75) is 18.7 Å². The predicted molar refractivity (Wildman–Crippen MR) is 88.2 cm³/mol. The van der Waals surface area contributed by atoms with Crippen LogP contribution in [0.2, 0.25) is 15.1 Å². The van der Waals surface area contributed by atoms with Gasteiger partial charge in [0.05, 0.1) is 4.83 Å². The van der Waals surface area contributed by atoms with Crippen molar-refractivity contribution in [1.29, 1.82) is 0 Å². The zero-order valence-corrected chi connectivity index (χ0v) is 14.3. The standard InChI is InChI=1S/C15H12BrCl3/c1-8-7-13(19)9(2)6-10(8)15(16)14-11(17)4-3-5-12(14)18/h3-7,15H,1-2H3. The van der Waals surface area contributed by atoms with E-state index in [-0.39, 0.29) is 4.83 Å². The topological polar surface area (TPSA) is 0 Å². The smallest absolute Gasteiger partial charge is 0.0676 e. The van der Waals surface area contributed by atoms with E-state index in [2.05, 4.69) is 22.0 Å². The maximum Gasteiger partial charge on any atom is 0.0676 e. The quantitative estimate of drug-likeness (QED) is 0.507. The van der Waals surface area contributed by atoms with E-state index in [4.69, 9.17) is 34.8 Å². The van der Waals surface area contributed by atoms with Crippen molar-refractivity contribution >= 4 is 50.7 Å². The van der Waals surface area contributed by atoms with Crippen molar-refractivity contribution in [3.8, 4) is 0 Å². The van der Waals surface area contributed by atoms with Gasteiger partial charge in [0.2, 0.25) is 0 Å². The lowest BCUT2D eigenvalue weighted by Crippen LogP contribution is -1.99. The first-order valence-corrected chi connectivity index (χ1v) is 7.81. The second-order valence-electron chi connectivity index (χ2n) is 4.46. The summed E-state index contributed by atoms with van der Waals surface area (Å²) in [6.07, 6.45) is 0. The monoisotopic (exact) mass is 376 g/mol. The van der Waals surface area contributed by atoms with E-state index < -0.39 is 0 Å². The van der Waals surface area contributed by atoms with E-state index in [0.29, 0.717) is 10.0 Å². The van der Waals surface area contributed by atoms with E-state index in [1.54, 1.807) is 0 Å². The minimum Gasteiger partial charge on any atom is -0.0840 e. The molecule has 0 aromatic heterocycles. The van der Waals surface area contributed by atoms with Crippen molar-refractivity contribution < 1.29 is 0 Å². The summed E-state index contributed by atoms with van der Waals surface area (Å²) in [7, 11) is 0. The minimum atomic E-state index is -0.0512. The molecule has 0 spiro atoms. The minimum absolute atomic E-state index is 0.0512. The highest BCUT2D eigenvalue weighted by Crippen LogP contribution is 2.41. The number of alkyl halides is 1. The Bertz CT molecular complexity index is 603. The first kappa shape index (κ1) is 15.2. The fourth-order valence-corrected chi connectivity index (χ4v) is 4.07. The Kier molecular flexibility index (Phi) is 4.84. The molecule has 0 amide bonds. The van der Waals surface area contributed by atoms with Crippen LogP contribution >= 0.6 is 50.7 Å². The average Bonchev–Trinajstić information content (AvgIpc) is 2.33. The third-order valence-electron chi connectivity index (χ3n) is 3.07. The van der Waals surface area contributed by atoms with Crippen LogP contribution in [0.1, 0.15) is 27.1 Å². The molecule has 1 atom stereocenters. The Labute approximate surface area is 136 Å². The molecular formula is C15H12BrCl3. The zero-order valence-electron chi connectivity index (χ0n) is 10.5. The summed E-state index contributed by atoms with van der Waals surface area (Å²) in [5.41, 5.74) is 4.15. The molecule has 0 aliphatic carbocycles.